The molecule has 0 fully saturated rings. The first-order valence-corrected chi connectivity index (χ1v) is 16.9. The van der Waals surface area contributed by atoms with Gasteiger partial charge in [-0.15, -0.1) is 0 Å². The Bertz CT molecular complexity index is 1350. The van der Waals surface area contributed by atoms with Gasteiger partial charge in [0.15, 0.2) is 5.82 Å². The summed E-state index contributed by atoms with van der Waals surface area (Å²) < 4.78 is 20.6. The number of carboxylic acid groups (broad SMARTS) is 1. The van der Waals surface area contributed by atoms with Crippen LogP contribution in [-0.4, -0.2) is 81.9 Å². The molecular weight excluding hydrogens is 669 g/mol. The maximum atomic E-state index is 11.7. The van der Waals surface area contributed by atoms with Crippen molar-refractivity contribution in [2.75, 3.05) is 20.2 Å². The Morgan fingerprint density at radius 2 is 1.88 bits per heavy atom. The zero-order valence-electron chi connectivity index (χ0n) is 23.8. The molecule has 0 unspecified atom stereocenters. The minimum Gasteiger partial charge on any atom is -0.493 e. The van der Waals surface area contributed by atoms with E-state index in [-0.39, 0.29) is 38.6 Å². The monoisotopic (exact) mass is 699 g/mol. The summed E-state index contributed by atoms with van der Waals surface area (Å²) in [6.07, 6.45) is 0.129. The van der Waals surface area contributed by atoms with Gasteiger partial charge in [-0.1, -0.05) is 37.0 Å². The standard InChI is InChI=1S/C26H32BrCl2N5O5Si2/c1-14-20(21-18(27)11-30-34(21)5)31-23(32-22(14)29)17-10-16(8-9-19(17)28)37-13-15(12-33(4)25(35)36)26(2,3)24(38-40-6)39-41-7/h8-11,15,24H,12-13H2,1-7H3,(H,35,36)/t15-/m0/s1. The van der Waals surface area contributed by atoms with Crippen molar-refractivity contribution in [3.8, 4) is 28.5 Å². The van der Waals surface area contributed by atoms with Gasteiger partial charge in [0.1, 0.15) is 22.9 Å². The van der Waals surface area contributed by atoms with Crippen LogP contribution in [0.2, 0.25) is 23.3 Å². The van der Waals surface area contributed by atoms with E-state index in [1.54, 1.807) is 29.1 Å². The number of hydrogen-bond acceptors (Lipinski definition) is 7. The topological polar surface area (TPSA) is 112 Å². The van der Waals surface area contributed by atoms with Gasteiger partial charge in [0.2, 0.25) is 19.5 Å². The highest BCUT2D eigenvalue weighted by Gasteiger charge is 2.40. The lowest BCUT2D eigenvalue weighted by Crippen LogP contribution is -2.48. The van der Waals surface area contributed by atoms with Crippen LogP contribution in [0, 0.1) is 18.3 Å². The van der Waals surface area contributed by atoms with Crippen molar-refractivity contribution in [2.24, 2.45) is 18.4 Å². The lowest BCUT2D eigenvalue weighted by atomic mass is 9.78. The van der Waals surface area contributed by atoms with Crippen LogP contribution in [-0.2, 0) is 15.9 Å². The van der Waals surface area contributed by atoms with Gasteiger partial charge in [-0.2, -0.15) is 5.10 Å². The Morgan fingerprint density at radius 3 is 2.44 bits per heavy atom. The van der Waals surface area contributed by atoms with Crippen LogP contribution in [0.15, 0.2) is 28.9 Å². The average Bonchev–Trinajstić information content (AvgIpc) is 3.25. The number of amides is 1. The van der Waals surface area contributed by atoms with Crippen LogP contribution in [0.1, 0.15) is 19.4 Å². The first-order valence-electron chi connectivity index (χ1n) is 12.5. The molecule has 4 radical (unpaired) electrons. The average molecular weight is 702 g/mol. The van der Waals surface area contributed by atoms with Crippen molar-refractivity contribution < 1.29 is 23.5 Å². The maximum absolute atomic E-state index is 11.7. The minimum atomic E-state index is -1.03. The molecule has 0 saturated heterocycles. The van der Waals surface area contributed by atoms with Gasteiger partial charge in [-0.25, -0.2) is 14.8 Å². The predicted octanol–water partition coefficient (Wildman–Crippen LogP) is 6.25. The number of rotatable bonds is 13. The Hall–Kier alpha value is -2.01. The third-order valence-corrected chi connectivity index (χ3v) is 8.94. The molecular formula is C26H32BrCl2N5O5Si2. The molecule has 0 aliphatic carbocycles. The van der Waals surface area contributed by atoms with E-state index in [4.69, 9.17) is 41.8 Å². The predicted molar refractivity (Wildman–Crippen MR) is 165 cm³/mol. The second kappa shape index (κ2) is 14.4. The van der Waals surface area contributed by atoms with Gasteiger partial charge >= 0.3 is 6.09 Å². The van der Waals surface area contributed by atoms with E-state index in [0.29, 0.717) is 38.6 Å². The second-order valence-corrected chi connectivity index (χ2v) is 12.8. The van der Waals surface area contributed by atoms with Gasteiger partial charge < -0.3 is 23.6 Å². The number of nitrogens with zero attached hydrogens (tertiary/aromatic N) is 5. The SMILES string of the molecule is C[Si]OC(O[Si]C)C(C)(C)[C@H](COc1ccc(Cl)c(-c2nc(Cl)c(C)c(-c3c(Br)cnn3C)n2)c1)CN(C)C(=O)O. The van der Waals surface area contributed by atoms with Gasteiger partial charge in [-0.3, -0.25) is 4.68 Å². The highest BCUT2D eigenvalue weighted by molar-refractivity contribution is 9.10. The molecule has 1 atom stereocenters. The third-order valence-electron chi connectivity index (χ3n) is 6.77. The summed E-state index contributed by atoms with van der Waals surface area (Å²) in [6, 6.07) is 5.20. The van der Waals surface area contributed by atoms with Crippen LogP contribution < -0.4 is 4.74 Å². The highest BCUT2D eigenvalue weighted by Crippen LogP contribution is 2.37. The van der Waals surface area contributed by atoms with Crippen LogP contribution >= 0.6 is 39.1 Å². The summed E-state index contributed by atoms with van der Waals surface area (Å²) in [6.45, 7) is 10.1. The molecule has 1 N–H and O–H groups in total. The van der Waals surface area contributed by atoms with E-state index in [9.17, 15) is 9.90 Å². The molecule has 1 amide bonds. The van der Waals surface area contributed by atoms with Gasteiger partial charge in [0, 0.05) is 43.1 Å². The number of hydrogen-bond donors (Lipinski definition) is 1. The zero-order valence-corrected chi connectivity index (χ0v) is 28.9. The fourth-order valence-electron chi connectivity index (χ4n) is 4.13. The summed E-state index contributed by atoms with van der Waals surface area (Å²) >= 11 is 16.7. The molecule has 0 saturated carbocycles. The Kier molecular flexibility index (Phi) is 11.8. The normalized spacial score (nSPS) is 12.6. The van der Waals surface area contributed by atoms with E-state index in [0.717, 1.165) is 10.2 Å². The molecule has 3 rings (SSSR count). The number of halogens is 3. The molecule has 0 bridgehead atoms. The lowest BCUT2D eigenvalue weighted by Gasteiger charge is -2.41. The summed E-state index contributed by atoms with van der Waals surface area (Å²) in [5.41, 5.74) is 2.03. The third kappa shape index (κ3) is 7.89. The summed E-state index contributed by atoms with van der Waals surface area (Å²) in [5, 5.41) is 14.6. The summed E-state index contributed by atoms with van der Waals surface area (Å²) in [4.78, 5) is 22.2. The van der Waals surface area contributed by atoms with E-state index < -0.39 is 17.8 Å². The van der Waals surface area contributed by atoms with Crippen molar-refractivity contribution in [1.82, 2.24) is 24.6 Å². The molecule has 3 aromatic rings. The van der Waals surface area contributed by atoms with Crippen molar-refractivity contribution in [2.45, 2.75) is 40.2 Å². The van der Waals surface area contributed by atoms with Crippen LogP contribution in [0.3, 0.4) is 0 Å². The summed E-state index contributed by atoms with van der Waals surface area (Å²) in [5.74, 6) is 0.565. The van der Waals surface area contributed by atoms with Gasteiger partial charge in [-0.05, 0) is 54.1 Å². The molecule has 15 heteroatoms. The van der Waals surface area contributed by atoms with Crippen molar-refractivity contribution >= 4 is 64.8 Å². The number of aromatic nitrogens is 4. The number of carbonyl (C=O) groups is 1. The number of aryl methyl sites for hydroxylation is 1. The molecule has 2 aromatic heterocycles. The largest absolute Gasteiger partial charge is 0.493 e. The molecule has 0 aliphatic heterocycles. The smallest absolute Gasteiger partial charge is 0.407 e. The molecule has 220 valence electrons. The number of ether oxygens (including phenoxy) is 1. The molecule has 2 heterocycles. The van der Waals surface area contributed by atoms with Crippen LogP contribution in [0.25, 0.3) is 22.8 Å². The molecule has 1 aromatic carbocycles. The fourth-order valence-corrected chi connectivity index (χ4v) is 6.26. The Morgan fingerprint density at radius 1 is 1.22 bits per heavy atom. The molecule has 10 nitrogen and oxygen atoms in total. The number of benzene rings is 1. The van der Waals surface area contributed by atoms with Gasteiger partial charge in [0.25, 0.3) is 0 Å². The van der Waals surface area contributed by atoms with Crippen molar-refractivity contribution in [3.05, 3.63) is 44.6 Å². The highest BCUT2D eigenvalue weighted by atomic mass is 79.9. The van der Waals surface area contributed by atoms with Crippen LogP contribution in [0.4, 0.5) is 4.79 Å². The Balaban J connectivity index is 1.97. The molecule has 0 spiro atoms. The minimum absolute atomic E-state index is 0.192. The first kappa shape index (κ1) is 33.5. The van der Waals surface area contributed by atoms with Gasteiger partial charge in [0.05, 0.1) is 28.0 Å². The van der Waals surface area contributed by atoms with E-state index in [1.807, 2.05) is 40.9 Å². The maximum Gasteiger partial charge on any atom is 0.407 e. The van der Waals surface area contributed by atoms with Crippen molar-refractivity contribution in [1.29, 1.82) is 0 Å². The molecule has 0 aliphatic rings. The summed E-state index contributed by atoms with van der Waals surface area (Å²) in [7, 11) is 3.77. The zero-order chi connectivity index (χ0) is 30.5. The van der Waals surface area contributed by atoms with Crippen molar-refractivity contribution in [3.63, 3.8) is 0 Å². The lowest BCUT2D eigenvalue weighted by molar-refractivity contribution is -0.114. The second-order valence-electron chi connectivity index (χ2n) is 9.89. The van der Waals surface area contributed by atoms with E-state index in [1.165, 1.54) is 11.9 Å². The Labute approximate surface area is 263 Å². The fraction of sp³-hybridized carbons (Fsp3) is 0.462. The van der Waals surface area contributed by atoms with E-state index in [2.05, 4.69) is 26.0 Å². The quantitative estimate of drug-likeness (QED) is 0.127. The molecule has 41 heavy (non-hydrogen) atoms. The first-order chi connectivity index (χ1) is 19.3. The van der Waals surface area contributed by atoms with E-state index >= 15 is 0 Å². The van der Waals surface area contributed by atoms with Crippen LogP contribution in [0.5, 0.6) is 5.75 Å².